The lowest BCUT2D eigenvalue weighted by Gasteiger charge is -2.30. The van der Waals surface area contributed by atoms with Crippen LogP contribution in [0.15, 0.2) is 42.7 Å². The molecule has 1 aliphatic rings. The molecule has 3 rings (SSSR count). The van der Waals surface area contributed by atoms with Gasteiger partial charge in [-0.1, -0.05) is 31.2 Å². The van der Waals surface area contributed by atoms with Crippen molar-refractivity contribution >= 4 is 24.0 Å². The minimum absolute atomic E-state index is 0.0153. The lowest BCUT2D eigenvalue weighted by Crippen LogP contribution is -2.49. The van der Waals surface area contributed by atoms with E-state index in [1.807, 2.05) is 6.07 Å². The second-order valence-electron chi connectivity index (χ2n) is 8.11. The molecule has 1 atom stereocenters. The van der Waals surface area contributed by atoms with Crippen LogP contribution in [0, 0.1) is 11.3 Å². The fourth-order valence-corrected chi connectivity index (χ4v) is 3.84. The van der Waals surface area contributed by atoms with E-state index in [0.29, 0.717) is 11.1 Å². The summed E-state index contributed by atoms with van der Waals surface area (Å²) < 4.78 is 68.6. The molecule has 0 bridgehead atoms. The first-order valence-electron chi connectivity index (χ1n) is 10.7. The molecule has 1 saturated heterocycles. The number of alkyl halides is 5. The van der Waals surface area contributed by atoms with Gasteiger partial charge < -0.3 is 15.0 Å². The van der Waals surface area contributed by atoms with Gasteiger partial charge in [0.05, 0.1) is 19.2 Å². The number of carbonyl (C=O) groups excluding carboxylic acids is 2. The van der Waals surface area contributed by atoms with Crippen molar-refractivity contribution in [2.24, 2.45) is 0 Å². The van der Waals surface area contributed by atoms with Crippen LogP contribution in [-0.4, -0.2) is 52.6 Å². The monoisotopic (exact) mass is 508 g/mol. The number of pyridine rings is 1. The van der Waals surface area contributed by atoms with Gasteiger partial charge in [0.25, 0.3) is 11.8 Å². The van der Waals surface area contributed by atoms with Crippen molar-refractivity contribution in [1.29, 1.82) is 5.26 Å². The van der Waals surface area contributed by atoms with Crippen molar-refractivity contribution in [3.8, 4) is 11.8 Å². The molecule has 1 unspecified atom stereocenters. The third-order valence-electron chi connectivity index (χ3n) is 5.62. The highest BCUT2D eigenvalue weighted by molar-refractivity contribution is 6.00. The lowest BCUT2D eigenvalue weighted by molar-refractivity contribution is -0.274. The Labute approximate surface area is 203 Å². The summed E-state index contributed by atoms with van der Waals surface area (Å²) in [6.07, 6.45) is 0.187. The SMILES string of the molecule is CCC1(C#N)CC(F)(F)CN1C(=O)CNC(=O)c1ccncc1/C=C/c1ccc(OC(F)(F)F)cc1. The molecule has 1 N–H and O–H groups in total. The van der Waals surface area contributed by atoms with E-state index < -0.39 is 49.1 Å². The van der Waals surface area contributed by atoms with Gasteiger partial charge in [0.2, 0.25) is 5.91 Å². The van der Waals surface area contributed by atoms with Crippen LogP contribution in [0.3, 0.4) is 0 Å². The molecule has 2 amide bonds. The highest BCUT2D eigenvalue weighted by Gasteiger charge is 2.56. The van der Waals surface area contributed by atoms with Crippen LogP contribution in [0.5, 0.6) is 5.75 Å². The maximum atomic E-state index is 14.0. The Morgan fingerprint density at radius 3 is 2.53 bits per heavy atom. The first-order chi connectivity index (χ1) is 16.9. The number of hydrogen-bond acceptors (Lipinski definition) is 5. The molecule has 0 aliphatic carbocycles. The molecule has 2 heterocycles. The van der Waals surface area contributed by atoms with Crippen molar-refractivity contribution in [3.05, 3.63) is 59.4 Å². The second kappa shape index (κ2) is 10.3. The number of nitriles is 1. The van der Waals surface area contributed by atoms with Crippen molar-refractivity contribution in [3.63, 3.8) is 0 Å². The number of halogens is 5. The number of hydrogen-bond donors (Lipinski definition) is 1. The number of nitrogens with zero attached hydrogens (tertiary/aromatic N) is 3. The summed E-state index contributed by atoms with van der Waals surface area (Å²) in [5.41, 5.74) is -0.667. The Morgan fingerprint density at radius 1 is 1.22 bits per heavy atom. The average molecular weight is 508 g/mol. The largest absolute Gasteiger partial charge is 0.573 e. The zero-order valence-corrected chi connectivity index (χ0v) is 19.0. The normalized spacial score (nSPS) is 19.2. The second-order valence-corrected chi connectivity index (χ2v) is 8.11. The molecule has 0 radical (unpaired) electrons. The van der Waals surface area contributed by atoms with Crippen molar-refractivity contribution < 1.29 is 36.3 Å². The van der Waals surface area contributed by atoms with Gasteiger partial charge in [-0.25, -0.2) is 8.78 Å². The third-order valence-corrected chi connectivity index (χ3v) is 5.62. The number of aromatic nitrogens is 1. The summed E-state index contributed by atoms with van der Waals surface area (Å²) in [6, 6.07) is 8.24. The minimum atomic E-state index is -4.81. The van der Waals surface area contributed by atoms with Crippen LogP contribution >= 0.6 is 0 Å². The van der Waals surface area contributed by atoms with Crippen LogP contribution in [0.4, 0.5) is 22.0 Å². The smallest absolute Gasteiger partial charge is 0.406 e. The molecule has 2 aromatic rings. The zero-order valence-electron chi connectivity index (χ0n) is 19.0. The number of benzene rings is 1. The fourth-order valence-electron chi connectivity index (χ4n) is 3.84. The van der Waals surface area contributed by atoms with Crippen LogP contribution in [-0.2, 0) is 4.79 Å². The first-order valence-corrected chi connectivity index (χ1v) is 10.7. The van der Waals surface area contributed by atoms with E-state index in [4.69, 9.17) is 0 Å². The van der Waals surface area contributed by atoms with Crippen LogP contribution < -0.4 is 10.1 Å². The van der Waals surface area contributed by atoms with Gasteiger partial charge in [-0.2, -0.15) is 5.26 Å². The summed E-state index contributed by atoms with van der Waals surface area (Å²) in [6.45, 7) is 0.0413. The third kappa shape index (κ3) is 6.35. The molecule has 0 saturated carbocycles. The van der Waals surface area contributed by atoms with E-state index in [9.17, 15) is 36.8 Å². The summed E-state index contributed by atoms with van der Waals surface area (Å²) in [7, 11) is 0. The molecule has 36 heavy (non-hydrogen) atoms. The highest BCUT2D eigenvalue weighted by atomic mass is 19.4. The summed E-state index contributed by atoms with van der Waals surface area (Å²) >= 11 is 0. The Bertz CT molecular complexity index is 1190. The Balaban J connectivity index is 1.68. The van der Waals surface area contributed by atoms with Crippen LogP contribution in [0.25, 0.3) is 12.2 Å². The average Bonchev–Trinajstić information content (AvgIpc) is 3.12. The quantitative estimate of drug-likeness (QED) is 0.559. The van der Waals surface area contributed by atoms with E-state index in [1.54, 1.807) is 0 Å². The van der Waals surface area contributed by atoms with Gasteiger partial charge in [-0.3, -0.25) is 14.6 Å². The highest BCUT2D eigenvalue weighted by Crippen LogP contribution is 2.41. The van der Waals surface area contributed by atoms with Crippen molar-refractivity contribution in [1.82, 2.24) is 15.2 Å². The summed E-state index contributed by atoms with van der Waals surface area (Å²) in [5, 5.41) is 11.8. The molecule has 12 heteroatoms. The molecule has 1 aromatic carbocycles. The number of rotatable bonds is 7. The molecule has 1 aliphatic heterocycles. The van der Waals surface area contributed by atoms with Gasteiger partial charge in [0, 0.05) is 29.9 Å². The molecule has 1 fully saturated rings. The fraction of sp³-hybridized carbons (Fsp3) is 0.333. The minimum Gasteiger partial charge on any atom is -0.406 e. The number of ether oxygens (including phenoxy) is 1. The number of carbonyl (C=O) groups is 2. The van der Waals surface area contributed by atoms with E-state index in [0.717, 1.165) is 17.0 Å². The lowest BCUT2D eigenvalue weighted by atomic mass is 9.94. The zero-order chi connectivity index (χ0) is 26.6. The molecule has 190 valence electrons. The molecule has 1 aromatic heterocycles. The van der Waals surface area contributed by atoms with Gasteiger partial charge in [-0.15, -0.1) is 13.2 Å². The first kappa shape index (κ1) is 26.6. The standard InChI is InChI=1S/C24H21F5N4O3/c1-2-22(14-30)13-23(25,26)15-33(22)20(34)12-32-21(35)19-9-10-31-11-17(19)6-3-16-4-7-18(8-5-16)36-24(27,28)29/h3-11H,2,12-13,15H2,1H3,(H,32,35)/b6-3+. The van der Waals surface area contributed by atoms with Gasteiger partial charge in [-0.05, 0) is 30.2 Å². The van der Waals surface area contributed by atoms with Crippen LogP contribution in [0.2, 0.25) is 0 Å². The Kier molecular flexibility index (Phi) is 7.62. The maximum absolute atomic E-state index is 14.0. The van der Waals surface area contributed by atoms with Gasteiger partial charge in [0.1, 0.15) is 11.3 Å². The number of nitrogens with one attached hydrogen (secondary N) is 1. The summed E-state index contributed by atoms with van der Waals surface area (Å²) in [5.74, 6) is -5.07. The topological polar surface area (TPSA) is 95.3 Å². The Morgan fingerprint density at radius 2 is 1.92 bits per heavy atom. The number of amides is 2. The van der Waals surface area contributed by atoms with E-state index >= 15 is 0 Å². The predicted molar refractivity (Wildman–Crippen MR) is 119 cm³/mol. The van der Waals surface area contributed by atoms with E-state index in [1.165, 1.54) is 49.7 Å². The van der Waals surface area contributed by atoms with Crippen LogP contribution in [0.1, 0.15) is 41.3 Å². The predicted octanol–water partition coefficient (Wildman–Crippen LogP) is 4.42. The Hall–Kier alpha value is -4.01. The van der Waals surface area contributed by atoms with Crippen molar-refractivity contribution in [2.45, 2.75) is 37.6 Å². The van der Waals surface area contributed by atoms with Gasteiger partial charge >= 0.3 is 6.36 Å². The van der Waals surface area contributed by atoms with Gasteiger partial charge in [0.15, 0.2) is 0 Å². The van der Waals surface area contributed by atoms with Crippen molar-refractivity contribution in [2.75, 3.05) is 13.1 Å². The molecular formula is C24H21F5N4O3. The number of likely N-dealkylation sites (tertiary alicyclic amines) is 1. The van der Waals surface area contributed by atoms with E-state index in [2.05, 4.69) is 15.0 Å². The maximum Gasteiger partial charge on any atom is 0.573 e. The summed E-state index contributed by atoms with van der Waals surface area (Å²) in [4.78, 5) is 30.1. The molecule has 7 nitrogen and oxygen atoms in total. The molecular weight excluding hydrogens is 487 g/mol. The molecule has 0 spiro atoms. The van der Waals surface area contributed by atoms with E-state index in [-0.39, 0.29) is 17.7 Å².